The molecule has 2 aliphatic heterocycles. The highest BCUT2D eigenvalue weighted by atomic mass is 32.2. The zero-order chi connectivity index (χ0) is 15.7. The lowest BCUT2D eigenvalue weighted by Crippen LogP contribution is -2.51. The van der Waals surface area contributed by atoms with Gasteiger partial charge < -0.3 is 4.90 Å². The number of nitrogens with zero attached hydrogens (tertiary/aromatic N) is 3. The third-order valence-corrected chi connectivity index (χ3v) is 6.27. The molecule has 1 unspecified atom stereocenters. The minimum atomic E-state index is -2.82. The Morgan fingerprint density at radius 3 is 2.45 bits per heavy atom. The van der Waals surface area contributed by atoms with Crippen LogP contribution in [-0.4, -0.2) is 67.8 Å². The standard InChI is InChI=1S/C15H21N3O3S/c1-12(19)13-2-3-15(16-10-13)18-7-5-17(6-8-18)14-4-9-22(20,21)11-14/h2-3,10,14H,4-9,11H2,1H3. The van der Waals surface area contributed by atoms with E-state index in [1.165, 1.54) is 6.92 Å². The maximum atomic E-state index is 11.6. The quantitative estimate of drug-likeness (QED) is 0.759. The van der Waals surface area contributed by atoms with Crippen molar-refractivity contribution in [3.05, 3.63) is 23.9 Å². The molecule has 2 fully saturated rings. The summed E-state index contributed by atoms with van der Waals surface area (Å²) >= 11 is 0. The van der Waals surface area contributed by atoms with Crippen LogP contribution in [0.15, 0.2) is 18.3 Å². The molecule has 0 spiro atoms. The number of anilines is 1. The number of piperazine rings is 1. The molecule has 0 aliphatic carbocycles. The van der Waals surface area contributed by atoms with Gasteiger partial charge in [-0.1, -0.05) is 0 Å². The topological polar surface area (TPSA) is 70.6 Å². The van der Waals surface area contributed by atoms with E-state index in [-0.39, 0.29) is 11.8 Å². The number of carbonyl (C=O) groups is 1. The van der Waals surface area contributed by atoms with Crippen LogP contribution >= 0.6 is 0 Å². The van der Waals surface area contributed by atoms with Gasteiger partial charge >= 0.3 is 0 Å². The Morgan fingerprint density at radius 1 is 1.23 bits per heavy atom. The molecule has 1 aromatic rings. The van der Waals surface area contributed by atoms with Crippen molar-refractivity contribution in [1.82, 2.24) is 9.88 Å². The first kappa shape index (κ1) is 15.4. The number of ketones is 1. The fourth-order valence-corrected chi connectivity index (χ4v) is 4.92. The van der Waals surface area contributed by atoms with Crippen LogP contribution < -0.4 is 4.90 Å². The molecule has 3 heterocycles. The van der Waals surface area contributed by atoms with Crippen LogP contribution in [0, 0.1) is 0 Å². The Kier molecular flexibility index (Phi) is 4.18. The van der Waals surface area contributed by atoms with Gasteiger partial charge in [-0.05, 0) is 25.5 Å². The monoisotopic (exact) mass is 323 g/mol. The van der Waals surface area contributed by atoms with Gasteiger partial charge in [0.05, 0.1) is 11.5 Å². The average Bonchev–Trinajstić information content (AvgIpc) is 2.88. The molecular formula is C15H21N3O3S. The fraction of sp³-hybridized carbons (Fsp3) is 0.600. The predicted octanol–water partition coefficient (Wildman–Crippen LogP) is 0.593. The second kappa shape index (κ2) is 5.96. The molecule has 6 nitrogen and oxygen atoms in total. The first-order valence-electron chi connectivity index (χ1n) is 7.61. The molecular weight excluding hydrogens is 302 g/mol. The van der Waals surface area contributed by atoms with Crippen LogP contribution in [0.2, 0.25) is 0 Å². The van der Waals surface area contributed by atoms with E-state index in [2.05, 4.69) is 14.8 Å². The Labute approximate surface area is 131 Å². The van der Waals surface area contributed by atoms with E-state index in [4.69, 9.17) is 0 Å². The maximum absolute atomic E-state index is 11.6. The highest BCUT2D eigenvalue weighted by Crippen LogP contribution is 2.21. The molecule has 1 aromatic heterocycles. The van der Waals surface area contributed by atoms with Crippen molar-refractivity contribution in [2.75, 3.05) is 42.6 Å². The fourth-order valence-electron chi connectivity index (χ4n) is 3.16. The summed E-state index contributed by atoms with van der Waals surface area (Å²) in [6.07, 6.45) is 2.38. The van der Waals surface area contributed by atoms with Crippen molar-refractivity contribution in [3.63, 3.8) is 0 Å². The first-order valence-corrected chi connectivity index (χ1v) is 9.43. The highest BCUT2D eigenvalue weighted by molar-refractivity contribution is 7.91. The summed E-state index contributed by atoms with van der Waals surface area (Å²) in [6.45, 7) is 4.92. The molecule has 120 valence electrons. The number of hydrogen-bond acceptors (Lipinski definition) is 6. The van der Waals surface area contributed by atoms with Crippen LogP contribution in [0.4, 0.5) is 5.82 Å². The largest absolute Gasteiger partial charge is 0.354 e. The Bertz CT molecular complexity index is 649. The summed E-state index contributed by atoms with van der Waals surface area (Å²) in [7, 11) is -2.82. The zero-order valence-electron chi connectivity index (χ0n) is 12.7. The van der Waals surface area contributed by atoms with Gasteiger partial charge in [0.15, 0.2) is 15.6 Å². The van der Waals surface area contributed by atoms with E-state index < -0.39 is 9.84 Å². The Morgan fingerprint density at radius 2 is 1.95 bits per heavy atom. The lowest BCUT2D eigenvalue weighted by atomic mass is 10.2. The van der Waals surface area contributed by atoms with Crippen LogP contribution in [0.3, 0.4) is 0 Å². The number of hydrogen-bond donors (Lipinski definition) is 0. The third kappa shape index (κ3) is 3.30. The molecule has 0 saturated carbocycles. The molecule has 2 saturated heterocycles. The Hall–Kier alpha value is -1.47. The molecule has 0 aromatic carbocycles. The lowest BCUT2D eigenvalue weighted by molar-refractivity contribution is 0.101. The van der Waals surface area contributed by atoms with Crippen LogP contribution in [0.5, 0.6) is 0 Å². The average molecular weight is 323 g/mol. The molecule has 22 heavy (non-hydrogen) atoms. The number of carbonyl (C=O) groups excluding carboxylic acids is 1. The van der Waals surface area contributed by atoms with Crippen molar-refractivity contribution >= 4 is 21.4 Å². The van der Waals surface area contributed by atoms with Crippen molar-refractivity contribution < 1.29 is 13.2 Å². The van der Waals surface area contributed by atoms with Crippen molar-refractivity contribution in [2.45, 2.75) is 19.4 Å². The minimum absolute atomic E-state index is 0.0197. The molecule has 3 rings (SSSR count). The number of aromatic nitrogens is 1. The van der Waals surface area contributed by atoms with Gasteiger partial charge in [0.25, 0.3) is 0 Å². The van der Waals surface area contributed by atoms with Gasteiger partial charge in [0, 0.05) is 44.0 Å². The van der Waals surface area contributed by atoms with Crippen molar-refractivity contribution in [1.29, 1.82) is 0 Å². The molecule has 0 amide bonds. The molecule has 0 radical (unpaired) electrons. The number of pyridine rings is 1. The summed E-state index contributed by atoms with van der Waals surface area (Å²) in [5.41, 5.74) is 0.624. The van der Waals surface area contributed by atoms with E-state index in [9.17, 15) is 13.2 Å². The van der Waals surface area contributed by atoms with E-state index in [1.54, 1.807) is 12.3 Å². The summed E-state index contributed by atoms with van der Waals surface area (Å²) in [6, 6.07) is 3.87. The SMILES string of the molecule is CC(=O)c1ccc(N2CCN(C3CCS(=O)(=O)C3)CC2)nc1. The highest BCUT2D eigenvalue weighted by Gasteiger charge is 2.33. The van der Waals surface area contributed by atoms with Crippen molar-refractivity contribution in [2.24, 2.45) is 0 Å². The summed E-state index contributed by atoms with van der Waals surface area (Å²) in [4.78, 5) is 20.1. The molecule has 0 bridgehead atoms. The van der Waals surface area contributed by atoms with Gasteiger partial charge in [-0.25, -0.2) is 13.4 Å². The van der Waals surface area contributed by atoms with Crippen LogP contribution in [0.25, 0.3) is 0 Å². The van der Waals surface area contributed by atoms with Gasteiger partial charge in [-0.15, -0.1) is 0 Å². The molecule has 2 aliphatic rings. The Balaban J connectivity index is 1.58. The van der Waals surface area contributed by atoms with Gasteiger partial charge in [-0.2, -0.15) is 0 Å². The molecule has 7 heteroatoms. The third-order valence-electron chi connectivity index (χ3n) is 4.52. The van der Waals surface area contributed by atoms with E-state index in [1.807, 2.05) is 6.07 Å². The van der Waals surface area contributed by atoms with Gasteiger partial charge in [0.2, 0.25) is 0 Å². The van der Waals surface area contributed by atoms with Gasteiger partial charge in [0.1, 0.15) is 5.82 Å². The maximum Gasteiger partial charge on any atom is 0.161 e. The van der Waals surface area contributed by atoms with Crippen molar-refractivity contribution in [3.8, 4) is 0 Å². The smallest absolute Gasteiger partial charge is 0.161 e. The second-order valence-corrected chi connectivity index (χ2v) is 8.27. The van der Waals surface area contributed by atoms with Crippen LogP contribution in [0.1, 0.15) is 23.7 Å². The summed E-state index contributed by atoms with van der Waals surface area (Å²) in [5, 5.41) is 0. The minimum Gasteiger partial charge on any atom is -0.354 e. The molecule has 0 N–H and O–H groups in total. The predicted molar refractivity (Wildman–Crippen MR) is 85.1 cm³/mol. The van der Waals surface area contributed by atoms with E-state index >= 15 is 0 Å². The number of sulfone groups is 1. The lowest BCUT2D eigenvalue weighted by Gasteiger charge is -2.38. The number of Topliss-reactive ketones (excluding diaryl/α,β-unsaturated/α-hetero) is 1. The summed E-state index contributed by atoms with van der Waals surface area (Å²) < 4.78 is 23.2. The first-order chi connectivity index (χ1) is 10.4. The summed E-state index contributed by atoms with van der Waals surface area (Å²) in [5.74, 6) is 1.53. The van der Waals surface area contributed by atoms with E-state index in [0.29, 0.717) is 17.1 Å². The van der Waals surface area contributed by atoms with Gasteiger partial charge in [-0.3, -0.25) is 9.69 Å². The normalized spacial score (nSPS) is 25.3. The van der Waals surface area contributed by atoms with Crippen LogP contribution in [-0.2, 0) is 9.84 Å². The second-order valence-electron chi connectivity index (χ2n) is 6.04. The zero-order valence-corrected chi connectivity index (χ0v) is 13.6. The molecule has 1 atom stereocenters. The van der Waals surface area contributed by atoms with E-state index in [0.717, 1.165) is 38.4 Å². The number of rotatable bonds is 3.